The summed E-state index contributed by atoms with van der Waals surface area (Å²) in [5.41, 5.74) is 7.86. The number of hydrogen-bond acceptors (Lipinski definition) is 7. The van der Waals surface area contributed by atoms with Gasteiger partial charge in [-0.05, 0) is 19.4 Å². The second-order valence-corrected chi connectivity index (χ2v) is 6.64. The van der Waals surface area contributed by atoms with E-state index in [1.165, 1.54) is 6.33 Å². The minimum absolute atomic E-state index is 0.0455. The number of fused-ring (bicyclic) bond motifs is 1. The molecule has 3 aromatic rings. The van der Waals surface area contributed by atoms with Gasteiger partial charge in [-0.25, -0.2) is 15.0 Å². The number of imidazole rings is 1. The minimum atomic E-state index is -0.482. The van der Waals surface area contributed by atoms with Gasteiger partial charge in [0.2, 0.25) is 5.91 Å². The molecule has 3 aromatic heterocycles. The lowest BCUT2D eigenvalue weighted by atomic mass is 10.0. The van der Waals surface area contributed by atoms with Gasteiger partial charge < -0.3 is 19.9 Å². The molecule has 27 heavy (non-hydrogen) atoms. The molecule has 9 nitrogen and oxygen atoms in total. The Morgan fingerprint density at radius 1 is 1.41 bits per heavy atom. The molecule has 1 unspecified atom stereocenters. The second-order valence-electron chi connectivity index (χ2n) is 6.64. The molecule has 1 saturated heterocycles. The van der Waals surface area contributed by atoms with Crippen molar-refractivity contribution in [3.63, 3.8) is 0 Å². The molecule has 1 aliphatic rings. The summed E-state index contributed by atoms with van der Waals surface area (Å²) >= 11 is 0. The Hall–Kier alpha value is -3.07. The zero-order valence-electron chi connectivity index (χ0n) is 15.2. The largest absolute Gasteiger partial charge is 0.382 e. The van der Waals surface area contributed by atoms with Gasteiger partial charge in [0.15, 0.2) is 11.5 Å². The zero-order valence-corrected chi connectivity index (χ0v) is 15.2. The lowest BCUT2D eigenvalue weighted by Gasteiger charge is -2.31. The van der Waals surface area contributed by atoms with Crippen molar-refractivity contribution in [2.24, 2.45) is 0 Å². The summed E-state index contributed by atoms with van der Waals surface area (Å²) < 4.78 is 7.61. The Kier molecular flexibility index (Phi) is 4.44. The minimum Gasteiger partial charge on any atom is -0.382 e. The summed E-state index contributed by atoms with van der Waals surface area (Å²) in [5, 5.41) is 0. The summed E-state index contributed by atoms with van der Waals surface area (Å²) in [5.74, 6) is 0.253. The maximum atomic E-state index is 13.2. The Labute approximate surface area is 156 Å². The SMILES string of the molecule is CC(C(=O)N(C)[C@H]1CCO[C@@H]1c1cccnc1)n1cnc2c(N)ncnc21. The van der Waals surface area contributed by atoms with Crippen LogP contribution in [-0.4, -0.2) is 55.0 Å². The van der Waals surface area contributed by atoms with E-state index in [4.69, 9.17) is 10.5 Å². The van der Waals surface area contributed by atoms with Gasteiger partial charge in [0.1, 0.15) is 24.0 Å². The van der Waals surface area contributed by atoms with Crippen LogP contribution in [0.1, 0.15) is 31.1 Å². The highest BCUT2D eigenvalue weighted by atomic mass is 16.5. The number of nitrogens with zero attached hydrogens (tertiary/aromatic N) is 6. The predicted octanol–water partition coefficient (Wildman–Crippen LogP) is 1.35. The smallest absolute Gasteiger partial charge is 0.245 e. The number of carbonyl (C=O) groups excluding carboxylic acids is 1. The quantitative estimate of drug-likeness (QED) is 0.741. The first-order valence-corrected chi connectivity index (χ1v) is 8.79. The Morgan fingerprint density at radius 2 is 2.26 bits per heavy atom. The molecule has 1 aliphatic heterocycles. The highest BCUT2D eigenvalue weighted by Crippen LogP contribution is 2.33. The van der Waals surface area contributed by atoms with Crippen LogP contribution in [0.3, 0.4) is 0 Å². The standard InChI is InChI=1S/C18H21N7O2/c1-11(25-10-23-14-16(19)21-9-22-17(14)25)18(26)24(2)13-5-7-27-15(13)12-4-3-6-20-8-12/h3-4,6,8-11,13,15H,5,7H2,1-2H3,(H2,19,21,22)/t11?,13-,15+/m0/s1. The van der Waals surface area contributed by atoms with E-state index in [1.54, 1.807) is 28.2 Å². The van der Waals surface area contributed by atoms with E-state index in [-0.39, 0.29) is 18.1 Å². The van der Waals surface area contributed by atoms with Crippen LogP contribution in [0, 0.1) is 0 Å². The molecule has 4 rings (SSSR count). The van der Waals surface area contributed by atoms with Crippen molar-refractivity contribution in [3.8, 4) is 0 Å². The van der Waals surface area contributed by atoms with Gasteiger partial charge in [-0.2, -0.15) is 0 Å². The van der Waals surface area contributed by atoms with Crippen LogP contribution in [-0.2, 0) is 9.53 Å². The number of pyridine rings is 1. The van der Waals surface area contributed by atoms with Crippen molar-refractivity contribution >= 4 is 22.9 Å². The summed E-state index contributed by atoms with van der Waals surface area (Å²) in [6, 6.07) is 3.31. The van der Waals surface area contributed by atoms with Gasteiger partial charge in [-0.3, -0.25) is 9.78 Å². The second kappa shape index (κ2) is 6.92. The third-order valence-electron chi connectivity index (χ3n) is 5.08. The zero-order chi connectivity index (χ0) is 19.0. The lowest BCUT2D eigenvalue weighted by molar-refractivity contribution is -0.136. The van der Waals surface area contributed by atoms with E-state index in [9.17, 15) is 4.79 Å². The van der Waals surface area contributed by atoms with Crippen LogP contribution in [0.4, 0.5) is 5.82 Å². The number of rotatable bonds is 4. The number of carbonyl (C=O) groups is 1. The van der Waals surface area contributed by atoms with Crippen molar-refractivity contribution in [2.75, 3.05) is 19.4 Å². The van der Waals surface area contributed by atoms with E-state index in [1.807, 2.05) is 26.1 Å². The van der Waals surface area contributed by atoms with E-state index < -0.39 is 6.04 Å². The van der Waals surface area contributed by atoms with Gasteiger partial charge in [-0.15, -0.1) is 0 Å². The number of anilines is 1. The molecule has 4 heterocycles. The molecule has 140 valence electrons. The Balaban J connectivity index is 1.58. The van der Waals surface area contributed by atoms with Crippen LogP contribution in [0.25, 0.3) is 11.2 Å². The molecule has 2 N–H and O–H groups in total. The van der Waals surface area contributed by atoms with E-state index >= 15 is 0 Å². The summed E-state index contributed by atoms with van der Waals surface area (Å²) in [6.45, 7) is 2.43. The maximum Gasteiger partial charge on any atom is 0.245 e. The third kappa shape index (κ3) is 2.99. The maximum absolute atomic E-state index is 13.2. The first-order valence-electron chi connectivity index (χ1n) is 8.79. The lowest BCUT2D eigenvalue weighted by Crippen LogP contribution is -2.42. The number of hydrogen-bond donors (Lipinski definition) is 1. The van der Waals surface area contributed by atoms with Crippen molar-refractivity contribution in [1.29, 1.82) is 0 Å². The van der Waals surface area contributed by atoms with Crippen molar-refractivity contribution < 1.29 is 9.53 Å². The number of aromatic nitrogens is 5. The van der Waals surface area contributed by atoms with Crippen molar-refractivity contribution in [1.82, 2.24) is 29.4 Å². The highest BCUT2D eigenvalue weighted by Gasteiger charge is 2.36. The van der Waals surface area contributed by atoms with Crippen LogP contribution < -0.4 is 5.73 Å². The molecule has 9 heteroatoms. The molecule has 0 radical (unpaired) electrons. The average Bonchev–Trinajstić information content (AvgIpc) is 3.35. The van der Waals surface area contributed by atoms with E-state index in [0.717, 1.165) is 12.0 Å². The summed E-state index contributed by atoms with van der Waals surface area (Å²) in [7, 11) is 1.81. The normalized spacial score (nSPS) is 20.7. The number of amides is 1. The molecule has 0 aromatic carbocycles. The van der Waals surface area contributed by atoms with Crippen LogP contribution in [0.5, 0.6) is 0 Å². The van der Waals surface area contributed by atoms with E-state index in [2.05, 4.69) is 19.9 Å². The first-order chi connectivity index (χ1) is 13.1. The van der Waals surface area contributed by atoms with Crippen molar-refractivity contribution in [3.05, 3.63) is 42.7 Å². The molecule has 0 saturated carbocycles. The molecule has 1 fully saturated rings. The van der Waals surface area contributed by atoms with Gasteiger partial charge >= 0.3 is 0 Å². The number of nitrogen functional groups attached to an aromatic ring is 1. The van der Waals surface area contributed by atoms with Crippen LogP contribution in [0.15, 0.2) is 37.2 Å². The Bertz CT molecular complexity index is 959. The third-order valence-corrected chi connectivity index (χ3v) is 5.08. The monoisotopic (exact) mass is 367 g/mol. The van der Waals surface area contributed by atoms with Crippen molar-refractivity contribution in [2.45, 2.75) is 31.5 Å². The topological polar surface area (TPSA) is 112 Å². The average molecular weight is 367 g/mol. The molecular formula is C18H21N7O2. The van der Waals surface area contributed by atoms with Gasteiger partial charge in [0, 0.05) is 31.6 Å². The molecular weight excluding hydrogens is 346 g/mol. The molecule has 1 amide bonds. The molecule has 0 aliphatic carbocycles. The first kappa shape index (κ1) is 17.3. The fourth-order valence-corrected chi connectivity index (χ4v) is 3.57. The summed E-state index contributed by atoms with van der Waals surface area (Å²) in [6.07, 6.45) is 7.05. The molecule has 3 atom stereocenters. The Morgan fingerprint density at radius 3 is 3.04 bits per heavy atom. The summed E-state index contributed by atoms with van der Waals surface area (Å²) in [4.78, 5) is 31.5. The predicted molar refractivity (Wildman–Crippen MR) is 98.6 cm³/mol. The molecule has 0 spiro atoms. The fourth-order valence-electron chi connectivity index (χ4n) is 3.57. The van der Waals surface area contributed by atoms with Crippen LogP contribution >= 0.6 is 0 Å². The van der Waals surface area contributed by atoms with Gasteiger partial charge in [0.25, 0.3) is 0 Å². The van der Waals surface area contributed by atoms with Crippen LogP contribution in [0.2, 0.25) is 0 Å². The number of ether oxygens (including phenoxy) is 1. The van der Waals surface area contributed by atoms with Gasteiger partial charge in [0.05, 0.1) is 12.4 Å². The van der Waals surface area contributed by atoms with Gasteiger partial charge in [-0.1, -0.05) is 6.07 Å². The highest BCUT2D eigenvalue weighted by molar-refractivity contribution is 5.85. The number of nitrogens with two attached hydrogens (primary N) is 1. The number of likely N-dealkylation sites (N-methyl/N-ethyl adjacent to an activating group) is 1. The fraction of sp³-hybridized carbons (Fsp3) is 0.389. The van der Waals surface area contributed by atoms with E-state index in [0.29, 0.717) is 23.6 Å². The molecule has 0 bridgehead atoms.